The van der Waals surface area contributed by atoms with E-state index in [0.29, 0.717) is 6.54 Å². The Hall–Kier alpha value is -2.28. The maximum Gasteiger partial charge on any atom is 0.153 e. The van der Waals surface area contributed by atoms with E-state index in [9.17, 15) is 10.2 Å². The fourth-order valence-corrected chi connectivity index (χ4v) is 5.72. The van der Waals surface area contributed by atoms with E-state index in [-0.39, 0.29) is 6.61 Å². The van der Waals surface area contributed by atoms with Crippen molar-refractivity contribution in [2.45, 2.75) is 12.6 Å². The maximum atomic E-state index is 10.1. The molecule has 1 aromatic carbocycles. The second kappa shape index (κ2) is 8.01. The lowest BCUT2D eigenvalue weighted by atomic mass is 10.1. The summed E-state index contributed by atoms with van der Waals surface area (Å²) in [7, 11) is 5.13. The first kappa shape index (κ1) is 20.6. The molecule has 0 aliphatic carbocycles. The molecule has 0 aliphatic rings. The number of ether oxygens (including phenoxy) is 1. The molecular weight excluding hydrogens is 529 g/mol. The average molecular weight is 549 g/mol. The number of rotatable bonds is 6. The third kappa shape index (κ3) is 3.28. The summed E-state index contributed by atoms with van der Waals surface area (Å²) >= 11 is 2.26. The molecule has 1 unspecified atom stereocenters. The predicted octanol–water partition coefficient (Wildman–Crippen LogP) is 3.75. The zero-order chi connectivity index (χ0) is 21.7. The van der Waals surface area contributed by atoms with Crippen LogP contribution in [0, 0.1) is 0 Å². The molecular formula is C21H20IN5O3S. The summed E-state index contributed by atoms with van der Waals surface area (Å²) in [4.78, 5) is 4.70. The summed E-state index contributed by atoms with van der Waals surface area (Å²) in [6, 6.07) is 8.01. The first-order valence-corrected chi connectivity index (χ1v) is 12.9. The Bertz CT molecular complexity index is 1420. The number of aliphatic hydroxyl groups is 2. The van der Waals surface area contributed by atoms with Crippen molar-refractivity contribution in [3.05, 3.63) is 42.9 Å². The monoisotopic (exact) mass is 549 g/mol. The zero-order valence-electron chi connectivity index (χ0n) is 16.9. The molecule has 0 aliphatic heterocycles. The Kier molecular flexibility index (Phi) is 5.32. The van der Waals surface area contributed by atoms with E-state index in [0.717, 1.165) is 49.8 Å². The largest absolute Gasteiger partial charge is 0.497 e. The van der Waals surface area contributed by atoms with Gasteiger partial charge in [-0.1, -0.05) is 0 Å². The van der Waals surface area contributed by atoms with Crippen LogP contribution in [0.1, 0.15) is 0 Å². The minimum atomic E-state index is -0.842. The van der Waals surface area contributed by atoms with Crippen molar-refractivity contribution in [1.82, 2.24) is 23.3 Å². The molecule has 0 saturated heterocycles. The van der Waals surface area contributed by atoms with Gasteiger partial charge in [0.1, 0.15) is 5.75 Å². The molecule has 0 saturated carbocycles. The van der Waals surface area contributed by atoms with Crippen molar-refractivity contribution in [2.75, 3.05) is 13.7 Å². The van der Waals surface area contributed by atoms with Crippen molar-refractivity contribution < 1.29 is 14.9 Å². The van der Waals surface area contributed by atoms with Crippen molar-refractivity contribution in [3.63, 3.8) is 0 Å². The molecule has 5 aromatic rings. The molecule has 160 valence electrons. The second-order valence-electron chi connectivity index (χ2n) is 7.38. The van der Waals surface area contributed by atoms with E-state index in [1.165, 1.54) is 0 Å². The molecule has 31 heavy (non-hydrogen) atoms. The van der Waals surface area contributed by atoms with Crippen LogP contribution in [-0.2, 0) is 13.6 Å². The molecule has 0 radical (unpaired) electrons. The number of hydrogen-bond donors (Lipinski definition) is 2. The number of halogens is 1. The van der Waals surface area contributed by atoms with Gasteiger partial charge in [0, 0.05) is 77.0 Å². The number of fused-ring (bicyclic) bond motifs is 4. The number of aromatic nitrogens is 5. The highest BCUT2D eigenvalue weighted by atomic mass is 127. The Morgan fingerprint density at radius 1 is 1.23 bits per heavy atom. The number of pyridine rings is 1. The van der Waals surface area contributed by atoms with Gasteiger partial charge in [-0.15, -0.1) is 0 Å². The lowest BCUT2D eigenvalue weighted by molar-refractivity contribution is 0.0822. The fraction of sp³-hybridized carbons (Fsp3) is 0.238. The number of benzene rings is 1. The molecule has 5 rings (SSSR count). The van der Waals surface area contributed by atoms with Crippen molar-refractivity contribution in [1.29, 1.82) is 0 Å². The number of aliphatic hydroxyl groups excluding tert-OH is 2. The van der Waals surface area contributed by atoms with Crippen LogP contribution in [0.3, 0.4) is 0 Å². The summed E-state index contributed by atoms with van der Waals surface area (Å²) in [5.74, 6) is 0.756. The highest BCUT2D eigenvalue weighted by molar-refractivity contribution is 14.2. The van der Waals surface area contributed by atoms with Gasteiger partial charge < -0.3 is 19.5 Å². The highest BCUT2D eigenvalue weighted by Gasteiger charge is 2.21. The number of aryl methyl sites for hydroxylation is 1. The fourth-order valence-electron chi connectivity index (χ4n) is 4.09. The van der Waals surface area contributed by atoms with Crippen LogP contribution >= 0.6 is 30.3 Å². The second-order valence-corrected chi connectivity index (χ2v) is 9.06. The minimum Gasteiger partial charge on any atom is -0.497 e. The summed E-state index contributed by atoms with van der Waals surface area (Å²) in [6.07, 6.45) is 4.84. The third-order valence-electron chi connectivity index (χ3n) is 5.53. The lowest BCUT2D eigenvalue weighted by Gasteiger charge is -2.09. The molecule has 0 spiro atoms. The Balaban J connectivity index is 1.82. The van der Waals surface area contributed by atoms with Crippen LogP contribution in [0.5, 0.6) is 5.75 Å². The van der Waals surface area contributed by atoms with Gasteiger partial charge in [-0.05, 0) is 24.3 Å². The van der Waals surface area contributed by atoms with E-state index in [1.54, 1.807) is 16.2 Å². The topological polar surface area (TPSA) is 90.3 Å². The van der Waals surface area contributed by atoms with Crippen molar-refractivity contribution in [3.8, 4) is 17.0 Å². The standard InChI is InChI=1S/C21H20IN5O3S/c1-25-20-12(8-24-25)7-23-21-16(20)6-19(27(21)31-22)17-10-26(9-13(29)11-28)18-4-3-14(30-2)5-15(17)18/h3-8,10,13,28-29H,9,11H2,1-2H3. The van der Waals surface area contributed by atoms with Crippen LogP contribution in [0.15, 0.2) is 42.9 Å². The quantitative estimate of drug-likeness (QED) is 0.314. The van der Waals surface area contributed by atoms with Crippen molar-refractivity contribution >= 4 is 63.2 Å². The summed E-state index contributed by atoms with van der Waals surface area (Å²) in [5.41, 5.74) is 4.84. The molecule has 4 aromatic heterocycles. The molecule has 0 amide bonds. The van der Waals surface area contributed by atoms with Crippen LogP contribution < -0.4 is 4.74 Å². The molecule has 0 fully saturated rings. The smallest absolute Gasteiger partial charge is 0.153 e. The first-order chi connectivity index (χ1) is 15.0. The highest BCUT2D eigenvalue weighted by Crippen LogP contribution is 2.40. The molecule has 1 atom stereocenters. The zero-order valence-corrected chi connectivity index (χ0v) is 19.8. The lowest BCUT2D eigenvalue weighted by Crippen LogP contribution is -2.19. The Morgan fingerprint density at radius 3 is 2.81 bits per heavy atom. The Labute approximate surface area is 194 Å². The Morgan fingerprint density at radius 2 is 2.06 bits per heavy atom. The van der Waals surface area contributed by atoms with Crippen molar-refractivity contribution in [2.24, 2.45) is 7.05 Å². The van der Waals surface area contributed by atoms with E-state index < -0.39 is 6.10 Å². The third-order valence-corrected chi connectivity index (χ3v) is 7.22. The molecule has 2 N–H and O–H groups in total. The first-order valence-electron chi connectivity index (χ1n) is 9.63. The summed E-state index contributed by atoms with van der Waals surface area (Å²) < 4.78 is 11.4. The van der Waals surface area contributed by atoms with Gasteiger partial charge in [0.15, 0.2) is 5.65 Å². The van der Waals surface area contributed by atoms with Gasteiger partial charge in [-0.25, -0.2) is 4.98 Å². The van der Waals surface area contributed by atoms with Gasteiger partial charge in [-0.2, -0.15) is 5.10 Å². The number of hydrogen-bond acceptors (Lipinski definition) is 6. The van der Waals surface area contributed by atoms with E-state index >= 15 is 0 Å². The molecule has 4 heterocycles. The average Bonchev–Trinajstić information content (AvgIpc) is 3.46. The van der Waals surface area contributed by atoms with E-state index in [4.69, 9.17) is 9.72 Å². The molecule has 8 nitrogen and oxygen atoms in total. The molecule has 0 bridgehead atoms. The van der Waals surface area contributed by atoms with Crippen LogP contribution in [-0.4, -0.2) is 53.3 Å². The minimum absolute atomic E-state index is 0.293. The summed E-state index contributed by atoms with van der Waals surface area (Å²) in [5, 5.41) is 26.8. The molecule has 10 heteroatoms. The normalized spacial score (nSPS) is 12.9. The van der Waals surface area contributed by atoms with Gasteiger partial charge in [0.25, 0.3) is 0 Å². The van der Waals surface area contributed by atoms with Gasteiger partial charge >= 0.3 is 0 Å². The SMILES string of the molecule is COc1ccc2c(c1)c(-c1cc3c4c(cnc3n1SI)cnn4C)cn2CC(O)CO. The van der Waals surface area contributed by atoms with Gasteiger partial charge in [-0.3, -0.25) is 8.65 Å². The number of nitrogens with zero attached hydrogens (tertiary/aromatic N) is 5. The predicted molar refractivity (Wildman–Crippen MR) is 132 cm³/mol. The van der Waals surface area contributed by atoms with Crippen LogP contribution in [0.25, 0.3) is 44.1 Å². The van der Waals surface area contributed by atoms with E-state index in [1.807, 2.05) is 53.1 Å². The number of methoxy groups -OCH3 is 1. The summed E-state index contributed by atoms with van der Waals surface area (Å²) in [6.45, 7) is -0.00141. The van der Waals surface area contributed by atoms with Crippen LogP contribution in [0.4, 0.5) is 0 Å². The maximum absolute atomic E-state index is 10.1. The van der Waals surface area contributed by atoms with Gasteiger partial charge in [0.05, 0.1) is 43.8 Å². The van der Waals surface area contributed by atoms with E-state index in [2.05, 4.69) is 36.3 Å². The van der Waals surface area contributed by atoms with Crippen LogP contribution in [0.2, 0.25) is 0 Å². The van der Waals surface area contributed by atoms with Gasteiger partial charge in [0.2, 0.25) is 0 Å².